The first-order valence-corrected chi connectivity index (χ1v) is 13.2. The highest BCUT2D eigenvalue weighted by Gasteiger charge is 2.26. The highest BCUT2D eigenvalue weighted by molar-refractivity contribution is 6.03. The first kappa shape index (κ1) is 27.7. The molecule has 12 nitrogen and oxygen atoms in total. The van der Waals surface area contributed by atoms with Gasteiger partial charge in [0.25, 0.3) is 5.91 Å². The molecule has 1 fully saturated rings. The van der Waals surface area contributed by atoms with E-state index in [4.69, 9.17) is 14.2 Å². The molecule has 4 aromatic rings. The van der Waals surface area contributed by atoms with E-state index >= 15 is 0 Å². The zero-order valence-electron chi connectivity index (χ0n) is 23.7. The van der Waals surface area contributed by atoms with Crippen molar-refractivity contribution in [1.82, 2.24) is 24.5 Å². The number of hydrogen-bond acceptors (Lipinski definition) is 9. The Kier molecular flexibility index (Phi) is 7.64. The topological polar surface area (TPSA) is 123 Å². The van der Waals surface area contributed by atoms with Crippen molar-refractivity contribution in [2.75, 3.05) is 50.6 Å². The molecule has 3 aromatic heterocycles. The van der Waals surface area contributed by atoms with E-state index in [0.717, 1.165) is 16.9 Å². The Labute approximate surface area is 237 Å². The molecule has 0 bridgehead atoms. The van der Waals surface area contributed by atoms with Crippen molar-refractivity contribution in [3.63, 3.8) is 0 Å². The highest BCUT2D eigenvalue weighted by atomic mass is 16.6. The smallest absolute Gasteiger partial charge is 0.410 e. The van der Waals surface area contributed by atoms with E-state index < -0.39 is 11.5 Å². The molecule has 4 heterocycles. The number of carbonyl (C=O) groups is 2. The van der Waals surface area contributed by atoms with Gasteiger partial charge in [0.05, 0.1) is 31.8 Å². The van der Waals surface area contributed by atoms with Crippen LogP contribution in [0.1, 0.15) is 31.3 Å². The van der Waals surface area contributed by atoms with Gasteiger partial charge in [0.1, 0.15) is 11.4 Å². The second kappa shape index (κ2) is 11.3. The molecule has 0 aliphatic carbocycles. The number of fused-ring (bicyclic) bond motifs is 1. The Morgan fingerprint density at radius 1 is 0.902 bits per heavy atom. The SMILES string of the molecule is COc1ccc(-c2ccnc3cc(C(=O)Nc4ccc(N5CCN(C(=O)OC(C)(C)C)CC5)cn4)nn23)cc1OC. The number of ether oxygens (including phenoxy) is 3. The summed E-state index contributed by atoms with van der Waals surface area (Å²) in [5, 5.41) is 7.32. The minimum atomic E-state index is -0.523. The minimum Gasteiger partial charge on any atom is -0.493 e. The number of amides is 2. The second-order valence-electron chi connectivity index (χ2n) is 10.5. The molecule has 12 heteroatoms. The maximum atomic E-state index is 13.1. The van der Waals surface area contributed by atoms with Gasteiger partial charge in [-0.3, -0.25) is 4.79 Å². The number of nitrogens with one attached hydrogen (secondary N) is 1. The summed E-state index contributed by atoms with van der Waals surface area (Å²) in [5.74, 6) is 1.19. The molecular weight excluding hydrogens is 526 g/mol. The number of rotatable bonds is 6. The normalized spacial score (nSPS) is 13.7. The van der Waals surface area contributed by atoms with Gasteiger partial charge in [-0.25, -0.2) is 19.3 Å². The van der Waals surface area contributed by atoms with Gasteiger partial charge in [-0.1, -0.05) is 0 Å². The van der Waals surface area contributed by atoms with Crippen LogP contribution >= 0.6 is 0 Å². The van der Waals surface area contributed by atoms with Gasteiger partial charge in [-0.05, 0) is 57.2 Å². The molecular formula is C29H33N7O5. The standard InChI is InChI=1S/C29H33N7O5/c1-29(2,3)41-28(38)35-14-12-34(13-15-35)20-7-9-25(31-18-20)32-27(37)21-17-26-30-11-10-22(36(26)33-21)19-6-8-23(39-4)24(16-19)40-5/h6-11,16-18H,12-15H2,1-5H3,(H,31,32,37). The molecule has 1 aromatic carbocycles. The lowest BCUT2D eigenvalue weighted by Crippen LogP contribution is -2.50. The Bertz CT molecular complexity index is 1550. The summed E-state index contributed by atoms with van der Waals surface area (Å²) < 4.78 is 17.9. The van der Waals surface area contributed by atoms with Gasteiger partial charge in [-0.2, -0.15) is 5.10 Å². The van der Waals surface area contributed by atoms with E-state index in [1.54, 1.807) is 48.2 Å². The van der Waals surface area contributed by atoms with Gasteiger partial charge >= 0.3 is 6.09 Å². The maximum absolute atomic E-state index is 13.1. The highest BCUT2D eigenvalue weighted by Crippen LogP contribution is 2.32. The van der Waals surface area contributed by atoms with Crippen molar-refractivity contribution in [2.24, 2.45) is 0 Å². The van der Waals surface area contributed by atoms with Crippen LogP contribution in [0.5, 0.6) is 11.5 Å². The monoisotopic (exact) mass is 559 g/mol. The average molecular weight is 560 g/mol. The Hall–Kier alpha value is -4.87. The number of aromatic nitrogens is 4. The molecule has 41 heavy (non-hydrogen) atoms. The van der Waals surface area contributed by atoms with E-state index in [-0.39, 0.29) is 11.8 Å². The van der Waals surface area contributed by atoms with Crippen molar-refractivity contribution in [3.8, 4) is 22.8 Å². The summed E-state index contributed by atoms with van der Waals surface area (Å²) in [5.41, 5.74) is 2.68. The molecule has 1 saturated heterocycles. The largest absolute Gasteiger partial charge is 0.493 e. The molecule has 1 N–H and O–H groups in total. The molecule has 0 atom stereocenters. The zero-order valence-corrected chi connectivity index (χ0v) is 23.7. The van der Waals surface area contributed by atoms with Crippen molar-refractivity contribution in [1.29, 1.82) is 0 Å². The van der Waals surface area contributed by atoms with E-state index in [2.05, 4.69) is 25.3 Å². The summed E-state index contributed by atoms with van der Waals surface area (Å²) in [6.07, 6.45) is 3.07. The van der Waals surface area contributed by atoms with Crippen LogP contribution in [-0.4, -0.2) is 82.5 Å². The van der Waals surface area contributed by atoms with Crippen molar-refractivity contribution in [2.45, 2.75) is 26.4 Å². The van der Waals surface area contributed by atoms with Crippen LogP contribution in [0.3, 0.4) is 0 Å². The quantitative estimate of drug-likeness (QED) is 0.372. The van der Waals surface area contributed by atoms with Crippen LogP contribution in [0, 0.1) is 0 Å². The third-order valence-corrected chi connectivity index (χ3v) is 6.56. The third kappa shape index (κ3) is 6.16. The first-order valence-electron chi connectivity index (χ1n) is 13.2. The summed E-state index contributed by atoms with van der Waals surface area (Å²) in [7, 11) is 3.16. The van der Waals surface area contributed by atoms with Crippen LogP contribution < -0.4 is 19.7 Å². The van der Waals surface area contributed by atoms with E-state index in [1.165, 1.54) is 0 Å². The van der Waals surface area contributed by atoms with Gasteiger partial charge in [0.2, 0.25) is 0 Å². The number of carbonyl (C=O) groups excluding carboxylic acids is 2. The van der Waals surface area contributed by atoms with E-state index in [1.807, 2.05) is 51.1 Å². The number of piperazine rings is 1. The van der Waals surface area contributed by atoms with Gasteiger partial charge in [-0.15, -0.1) is 0 Å². The lowest BCUT2D eigenvalue weighted by Gasteiger charge is -2.36. The van der Waals surface area contributed by atoms with Crippen LogP contribution in [-0.2, 0) is 4.74 Å². The summed E-state index contributed by atoms with van der Waals surface area (Å²) in [4.78, 5) is 38.0. The number of pyridine rings is 1. The Morgan fingerprint density at radius 3 is 2.32 bits per heavy atom. The second-order valence-corrected chi connectivity index (χ2v) is 10.5. The lowest BCUT2D eigenvalue weighted by atomic mass is 10.1. The molecule has 0 saturated carbocycles. The minimum absolute atomic E-state index is 0.203. The molecule has 0 unspecified atom stereocenters. The summed E-state index contributed by atoms with van der Waals surface area (Å²) >= 11 is 0. The number of hydrogen-bond donors (Lipinski definition) is 1. The molecule has 1 aliphatic rings. The van der Waals surface area contributed by atoms with Crippen LogP contribution in [0.15, 0.2) is 54.9 Å². The van der Waals surface area contributed by atoms with Crippen molar-refractivity contribution in [3.05, 3.63) is 60.6 Å². The fourth-order valence-corrected chi connectivity index (χ4v) is 4.52. The molecule has 1 aliphatic heterocycles. The lowest BCUT2D eigenvalue weighted by molar-refractivity contribution is 0.0240. The molecule has 0 radical (unpaired) electrons. The maximum Gasteiger partial charge on any atom is 0.410 e. The predicted molar refractivity (Wildman–Crippen MR) is 154 cm³/mol. The van der Waals surface area contributed by atoms with Gasteiger partial charge in [0.15, 0.2) is 22.8 Å². The van der Waals surface area contributed by atoms with E-state index in [9.17, 15) is 9.59 Å². The molecule has 2 amide bonds. The Balaban J connectivity index is 1.25. The molecule has 0 spiro atoms. The van der Waals surface area contributed by atoms with Crippen LogP contribution in [0.2, 0.25) is 0 Å². The van der Waals surface area contributed by atoms with Crippen LogP contribution in [0.4, 0.5) is 16.3 Å². The number of benzene rings is 1. The van der Waals surface area contributed by atoms with Crippen molar-refractivity contribution >= 4 is 29.2 Å². The van der Waals surface area contributed by atoms with Crippen LogP contribution in [0.25, 0.3) is 16.9 Å². The van der Waals surface area contributed by atoms with Crippen molar-refractivity contribution < 1.29 is 23.8 Å². The molecule has 5 rings (SSSR count). The third-order valence-electron chi connectivity index (χ3n) is 6.56. The number of nitrogens with zero attached hydrogens (tertiary/aromatic N) is 6. The van der Waals surface area contributed by atoms with Gasteiger partial charge in [0, 0.05) is 44.0 Å². The van der Waals surface area contributed by atoms with Gasteiger partial charge < -0.3 is 29.3 Å². The number of methoxy groups -OCH3 is 2. The zero-order chi connectivity index (χ0) is 29.1. The average Bonchev–Trinajstić information content (AvgIpc) is 3.41. The first-order chi connectivity index (χ1) is 19.6. The fraction of sp³-hybridized carbons (Fsp3) is 0.345. The summed E-state index contributed by atoms with van der Waals surface area (Å²) in [6.45, 7) is 8.00. The van der Waals surface area contributed by atoms with E-state index in [0.29, 0.717) is 49.1 Å². The predicted octanol–water partition coefficient (Wildman–Crippen LogP) is 4.12. The number of anilines is 2. The molecule has 214 valence electrons. The fourth-order valence-electron chi connectivity index (χ4n) is 4.52. The summed E-state index contributed by atoms with van der Waals surface area (Å²) in [6, 6.07) is 12.6. The Morgan fingerprint density at radius 2 is 1.66 bits per heavy atom.